The minimum absolute atomic E-state index is 0.292. The molecule has 9 rings (SSSR count). The maximum absolute atomic E-state index is 7.17. The molecule has 9 fully saturated rings. The highest BCUT2D eigenvalue weighted by molar-refractivity contribution is 8.05. The van der Waals surface area contributed by atoms with Gasteiger partial charge in [0, 0.05) is 23.7 Å². The zero-order valence-electron chi connectivity index (χ0n) is 13.7. The molecule has 2 heteroatoms. The predicted octanol–water partition coefficient (Wildman–Crippen LogP) is 3.88. The molecule has 1 heterocycles. The second-order valence-electron chi connectivity index (χ2n) is 10.5. The average Bonchev–Trinajstić information content (AvgIpc) is 3.02. The summed E-state index contributed by atoms with van der Waals surface area (Å²) in [5.41, 5.74) is 0. The van der Waals surface area contributed by atoms with Gasteiger partial charge in [-0.2, -0.15) is 0 Å². The van der Waals surface area contributed by atoms with E-state index in [1.807, 2.05) is 0 Å². The van der Waals surface area contributed by atoms with Crippen LogP contribution in [-0.2, 0) is 11.1 Å². The van der Waals surface area contributed by atoms with Crippen molar-refractivity contribution in [2.75, 3.05) is 0 Å². The third-order valence-electron chi connectivity index (χ3n) is 10.00. The van der Waals surface area contributed by atoms with E-state index in [0.717, 1.165) is 47.3 Å². The Morgan fingerprint density at radius 2 is 0.773 bits per heavy atom. The first-order chi connectivity index (χ1) is 10.7. The molecule has 120 valence electrons. The largest absolute Gasteiger partial charge is 0.205 e. The third-order valence-corrected chi connectivity index (χ3v) is 13.3. The van der Waals surface area contributed by atoms with Crippen LogP contribution in [0.3, 0.4) is 0 Å². The van der Waals surface area contributed by atoms with Crippen LogP contribution in [0.15, 0.2) is 0 Å². The summed E-state index contributed by atoms with van der Waals surface area (Å²) in [6.07, 6.45) is 15.9. The van der Waals surface area contributed by atoms with Crippen molar-refractivity contribution in [2.45, 2.75) is 73.7 Å². The predicted molar refractivity (Wildman–Crippen MR) is 91.1 cm³/mol. The van der Waals surface area contributed by atoms with Gasteiger partial charge in [0.2, 0.25) is 9.49 Å². The van der Waals surface area contributed by atoms with Crippen molar-refractivity contribution in [3.63, 3.8) is 0 Å². The van der Waals surface area contributed by atoms with Crippen molar-refractivity contribution >= 4 is 11.1 Å². The molecule has 0 aromatic carbocycles. The molecule has 22 heavy (non-hydrogen) atoms. The average molecular weight is 317 g/mol. The van der Waals surface area contributed by atoms with E-state index in [0.29, 0.717) is 20.6 Å². The van der Waals surface area contributed by atoms with Crippen LogP contribution >= 0.6 is 0 Å². The van der Waals surface area contributed by atoms with E-state index < -0.39 is 0 Å². The van der Waals surface area contributed by atoms with Crippen LogP contribution in [0.5, 0.6) is 0 Å². The van der Waals surface area contributed by atoms with Gasteiger partial charge in [-0.05, 0) is 87.9 Å². The SMILES string of the molecule is N[S+]1C2(C3CC4CC(C3)CC2C4)C12C1CC3CC(C1)CC2C3. The van der Waals surface area contributed by atoms with Gasteiger partial charge in [0.15, 0.2) is 0 Å². The van der Waals surface area contributed by atoms with Gasteiger partial charge < -0.3 is 0 Å². The molecule has 0 atom stereocenters. The van der Waals surface area contributed by atoms with Gasteiger partial charge in [-0.25, -0.2) is 0 Å². The van der Waals surface area contributed by atoms with Gasteiger partial charge in [-0.3, -0.25) is 0 Å². The Balaban J connectivity index is 1.37. The van der Waals surface area contributed by atoms with Crippen molar-refractivity contribution < 1.29 is 0 Å². The molecular weight excluding hydrogens is 286 g/mol. The Hall–Kier alpha value is 0.310. The van der Waals surface area contributed by atoms with Crippen LogP contribution in [0.4, 0.5) is 0 Å². The van der Waals surface area contributed by atoms with Gasteiger partial charge in [0.05, 0.1) is 11.1 Å². The maximum Gasteiger partial charge on any atom is 0.205 e. The number of nitrogens with two attached hydrogens (primary N) is 1. The molecule has 2 spiro atoms. The summed E-state index contributed by atoms with van der Waals surface area (Å²) in [5, 5.41) is 7.17. The summed E-state index contributed by atoms with van der Waals surface area (Å²) in [5.74, 6) is 8.70. The lowest BCUT2D eigenvalue weighted by Gasteiger charge is -2.57. The van der Waals surface area contributed by atoms with E-state index in [4.69, 9.17) is 5.14 Å². The smallest absolute Gasteiger partial charge is 0.150 e. The molecule has 1 saturated heterocycles. The van der Waals surface area contributed by atoms with Crippen molar-refractivity contribution in [1.29, 1.82) is 0 Å². The Morgan fingerprint density at radius 3 is 1.05 bits per heavy atom. The Kier molecular flexibility index (Phi) is 2.08. The summed E-state index contributed by atoms with van der Waals surface area (Å²) in [6.45, 7) is 0. The van der Waals surface area contributed by atoms with Crippen molar-refractivity contribution in [2.24, 2.45) is 52.5 Å². The van der Waals surface area contributed by atoms with Crippen LogP contribution in [0, 0.1) is 47.3 Å². The second-order valence-corrected chi connectivity index (χ2v) is 12.6. The summed E-state index contributed by atoms with van der Waals surface area (Å²) < 4.78 is 1.37. The van der Waals surface area contributed by atoms with Gasteiger partial charge >= 0.3 is 0 Å². The van der Waals surface area contributed by atoms with Gasteiger partial charge in [0.1, 0.15) is 0 Å². The lowest BCUT2D eigenvalue weighted by Crippen LogP contribution is -2.61. The molecule has 2 N–H and O–H groups in total. The first kappa shape index (κ1) is 12.6. The molecule has 8 saturated carbocycles. The first-order valence-electron chi connectivity index (χ1n) is 10.2. The van der Waals surface area contributed by atoms with Gasteiger partial charge in [0.25, 0.3) is 0 Å². The highest BCUT2D eigenvalue weighted by atomic mass is 32.2. The van der Waals surface area contributed by atoms with E-state index in [-0.39, 0.29) is 0 Å². The zero-order valence-corrected chi connectivity index (χ0v) is 14.5. The highest BCUT2D eigenvalue weighted by Crippen LogP contribution is 2.82. The topological polar surface area (TPSA) is 26.0 Å². The molecule has 0 aromatic rings. The lowest BCUT2D eigenvalue weighted by atomic mass is 9.42. The lowest BCUT2D eigenvalue weighted by molar-refractivity contribution is -0.0747. The quantitative estimate of drug-likeness (QED) is 0.532. The van der Waals surface area contributed by atoms with Crippen LogP contribution in [-0.4, -0.2) is 9.49 Å². The van der Waals surface area contributed by atoms with E-state index in [1.54, 1.807) is 64.2 Å². The fourth-order valence-corrected chi connectivity index (χ4v) is 14.0. The number of hydrogen-bond acceptors (Lipinski definition) is 1. The van der Waals surface area contributed by atoms with Crippen LogP contribution < -0.4 is 5.14 Å². The summed E-state index contributed by atoms with van der Waals surface area (Å²) in [4.78, 5) is 0. The molecule has 1 nitrogen and oxygen atoms in total. The molecule has 0 amide bonds. The fourth-order valence-electron chi connectivity index (χ4n) is 10.2. The Bertz CT molecular complexity index is 450. The zero-order chi connectivity index (χ0) is 14.3. The number of hydrogen-bond donors (Lipinski definition) is 1. The molecule has 0 aromatic heterocycles. The molecule has 0 radical (unpaired) electrons. The van der Waals surface area contributed by atoms with Crippen LogP contribution in [0.25, 0.3) is 0 Å². The van der Waals surface area contributed by atoms with E-state index in [2.05, 4.69) is 0 Å². The Morgan fingerprint density at radius 1 is 0.500 bits per heavy atom. The minimum atomic E-state index is 0.292. The van der Waals surface area contributed by atoms with Crippen molar-refractivity contribution in [3.8, 4) is 0 Å². The third kappa shape index (κ3) is 1.09. The molecule has 8 bridgehead atoms. The normalized spacial score (nSPS) is 72.7. The summed E-state index contributed by atoms with van der Waals surface area (Å²) in [6, 6.07) is 0. The monoisotopic (exact) mass is 316 g/mol. The summed E-state index contributed by atoms with van der Waals surface area (Å²) in [7, 11) is 0. The number of rotatable bonds is 0. The Labute approximate surface area is 137 Å². The molecule has 8 aliphatic carbocycles. The summed E-state index contributed by atoms with van der Waals surface area (Å²) >= 11 is 0.292. The van der Waals surface area contributed by atoms with Crippen molar-refractivity contribution in [3.05, 3.63) is 0 Å². The van der Waals surface area contributed by atoms with E-state index in [9.17, 15) is 0 Å². The second kappa shape index (κ2) is 3.62. The van der Waals surface area contributed by atoms with Crippen LogP contribution in [0.1, 0.15) is 64.2 Å². The molecule has 0 unspecified atom stereocenters. The molecular formula is C20H30NS+. The van der Waals surface area contributed by atoms with E-state index in [1.165, 1.54) is 0 Å². The maximum atomic E-state index is 7.17. The van der Waals surface area contributed by atoms with Gasteiger partial charge in [-0.15, -0.1) is 5.14 Å². The highest BCUT2D eigenvalue weighted by Gasteiger charge is 2.98. The van der Waals surface area contributed by atoms with E-state index >= 15 is 0 Å². The first-order valence-corrected chi connectivity index (χ1v) is 11.5. The molecule has 9 aliphatic rings. The van der Waals surface area contributed by atoms with Crippen LogP contribution in [0.2, 0.25) is 0 Å². The minimum Gasteiger partial charge on any atom is -0.150 e. The molecule has 1 aliphatic heterocycles. The standard InChI is InChI=1S/C20H30NS/c21-22-19(15-3-11-1-12(5-15)6-16(19)4-11)20(22)17-7-13-2-14(9-17)10-18(20)8-13/h11-18H,1-10,21H2/q+1. The fraction of sp³-hybridized carbons (Fsp3) is 1.00. The van der Waals surface area contributed by atoms with Gasteiger partial charge in [-0.1, -0.05) is 0 Å². The van der Waals surface area contributed by atoms with Crippen molar-refractivity contribution in [1.82, 2.24) is 0 Å².